The Morgan fingerprint density at radius 2 is 1.81 bits per heavy atom. The van der Waals surface area contributed by atoms with Gasteiger partial charge in [-0.3, -0.25) is 14.4 Å². The van der Waals surface area contributed by atoms with Gasteiger partial charge in [-0.05, 0) is 36.8 Å². The summed E-state index contributed by atoms with van der Waals surface area (Å²) in [6.07, 6.45) is 0.858. The normalized spacial score (nSPS) is 10.0. The maximum atomic E-state index is 12.1. The second-order valence-corrected chi connectivity index (χ2v) is 5.65. The molecule has 0 aromatic heterocycles. The predicted molar refractivity (Wildman–Crippen MR) is 101 cm³/mol. The Kier molecular flexibility index (Phi) is 6.73. The largest absolute Gasteiger partial charge is 0.376 e. The molecular weight excluding hydrogens is 332 g/mol. The molecule has 0 aliphatic heterocycles. The Bertz CT molecular complexity index is 805. The van der Waals surface area contributed by atoms with Gasteiger partial charge < -0.3 is 21.7 Å². The molecule has 0 radical (unpaired) electrons. The van der Waals surface area contributed by atoms with Crippen LogP contribution in [0.15, 0.2) is 48.5 Å². The van der Waals surface area contributed by atoms with E-state index in [0.717, 1.165) is 6.42 Å². The average molecular weight is 354 g/mol. The molecule has 0 saturated carbocycles. The van der Waals surface area contributed by atoms with E-state index in [0.29, 0.717) is 23.5 Å². The predicted octanol–water partition coefficient (Wildman–Crippen LogP) is 1.98. The molecule has 7 nitrogen and oxygen atoms in total. The molecule has 0 fully saturated rings. The van der Waals surface area contributed by atoms with Gasteiger partial charge >= 0.3 is 0 Å². The van der Waals surface area contributed by atoms with Gasteiger partial charge in [-0.15, -0.1) is 0 Å². The number of anilines is 2. The van der Waals surface area contributed by atoms with Crippen molar-refractivity contribution in [3.8, 4) is 0 Å². The molecule has 0 saturated heterocycles. The fourth-order valence-corrected chi connectivity index (χ4v) is 2.29. The van der Waals surface area contributed by atoms with E-state index in [-0.39, 0.29) is 23.9 Å². The van der Waals surface area contributed by atoms with Gasteiger partial charge in [0, 0.05) is 17.8 Å². The Hall–Kier alpha value is -3.35. The molecule has 0 spiro atoms. The number of para-hydroxylation sites is 1. The molecule has 2 aromatic rings. The fraction of sp³-hybridized carbons (Fsp3) is 0.211. The number of primary amides is 1. The first-order valence-corrected chi connectivity index (χ1v) is 8.32. The average Bonchev–Trinajstić information content (AvgIpc) is 2.65. The van der Waals surface area contributed by atoms with Crippen molar-refractivity contribution >= 4 is 29.1 Å². The highest BCUT2D eigenvalue weighted by atomic mass is 16.2. The number of hydrogen-bond donors (Lipinski definition) is 4. The minimum Gasteiger partial charge on any atom is -0.376 e. The van der Waals surface area contributed by atoms with Crippen LogP contribution < -0.4 is 21.7 Å². The summed E-state index contributed by atoms with van der Waals surface area (Å²) in [4.78, 5) is 35.5. The van der Waals surface area contributed by atoms with Crippen LogP contribution in [0, 0.1) is 0 Å². The summed E-state index contributed by atoms with van der Waals surface area (Å²) in [7, 11) is 0. The van der Waals surface area contributed by atoms with Crippen molar-refractivity contribution in [2.75, 3.05) is 23.7 Å². The highest BCUT2D eigenvalue weighted by molar-refractivity contribution is 6.03. The summed E-state index contributed by atoms with van der Waals surface area (Å²) in [5.41, 5.74) is 7.06. The Morgan fingerprint density at radius 3 is 2.54 bits per heavy atom. The van der Waals surface area contributed by atoms with Crippen molar-refractivity contribution in [2.24, 2.45) is 5.73 Å². The maximum absolute atomic E-state index is 12.1. The molecule has 0 bridgehead atoms. The molecule has 0 unspecified atom stereocenters. The van der Waals surface area contributed by atoms with Gasteiger partial charge in [0.15, 0.2) is 0 Å². The van der Waals surface area contributed by atoms with Crippen molar-refractivity contribution in [3.63, 3.8) is 0 Å². The lowest BCUT2D eigenvalue weighted by molar-refractivity contribution is -0.114. The Labute approximate surface area is 152 Å². The number of carbonyl (C=O) groups is 3. The van der Waals surface area contributed by atoms with Crippen molar-refractivity contribution in [3.05, 3.63) is 59.7 Å². The topological polar surface area (TPSA) is 113 Å². The second-order valence-electron chi connectivity index (χ2n) is 5.65. The summed E-state index contributed by atoms with van der Waals surface area (Å²) < 4.78 is 0. The first-order valence-electron chi connectivity index (χ1n) is 8.32. The number of amides is 3. The van der Waals surface area contributed by atoms with Gasteiger partial charge in [-0.2, -0.15) is 0 Å². The summed E-state index contributed by atoms with van der Waals surface area (Å²) in [5.74, 6) is -1.10. The molecule has 136 valence electrons. The molecule has 2 aromatic carbocycles. The van der Waals surface area contributed by atoms with Crippen LogP contribution in [-0.4, -0.2) is 30.8 Å². The minimum atomic E-state index is -0.611. The van der Waals surface area contributed by atoms with Crippen LogP contribution in [0.25, 0.3) is 0 Å². The van der Waals surface area contributed by atoms with Crippen LogP contribution in [-0.2, 0) is 4.79 Å². The van der Waals surface area contributed by atoms with Gasteiger partial charge in [0.05, 0.1) is 17.8 Å². The zero-order chi connectivity index (χ0) is 18.9. The van der Waals surface area contributed by atoms with Crippen molar-refractivity contribution in [1.29, 1.82) is 0 Å². The van der Waals surface area contributed by atoms with Crippen LogP contribution in [0.1, 0.15) is 34.1 Å². The molecular formula is C19H22N4O3. The summed E-state index contributed by atoms with van der Waals surface area (Å²) in [6, 6.07) is 13.4. The van der Waals surface area contributed by atoms with E-state index < -0.39 is 5.91 Å². The van der Waals surface area contributed by atoms with Crippen molar-refractivity contribution in [1.82, 2.24) is 5.32 Å². The van der Waals surface area contributed by atoms with Gasteiger partial charge in [0.2, 0.25) is 5.91 Å². The minimum absolute atomic E-state index is 0.0207. The summed E-state index contributed by atoms with van der Waals surface area (Å²) >= 11 is 0. The SMILES string of the molecule is CCCNC(=O)c1cccc(NCC(=O)Nc2ccccc2C(N)=O)c1. The van der Waals surface area contributed by atoms with E-state index in [1.807, 2.05) is 6.92 Å². The maximum Gasteiger partial charge on any atom is 0.251 e. The highest BCUT2D eigenvalue weighted by Gasteiger charge is 2.10. The molecule has 0 aliphatic carbocycles. The third kappa shape index (κ3) is 5.34. The number of benzene rings is 2. The molecule has 3 amide bonds. The lowest BCUT2D eigenvalue weighted by atomic mass is 10.1. The monoisotopic (exact) mass is 354 g/mol. The molecule has 2 rings (SSSR count). The number of nitrogens with two attached hydrogens (primary N) is 1. The van der Waals surface area contributed by atoms with E-state index >= 15 is 0 Å². The first-order chi connectivity index (χ1) is 12.5. The van der Waals surface area contributed by atoms with Crippen LogP contribution in [0.2, 0.25) is 0 Å². The zero-order valence-electron chi connectivity index (χ0n) is 14.5. The summed E-state index contributed by atoms with van der Waals surface area (Å²) in [6.45, 7) is 2.57. The smallest absolute Gasteiger partial charge is 0.251 e. The Morgan fingerprint density at radius 1 is 1.04 bits per heavy atom. The van der Waals surface area contributed by atoms with Crippen molar-refractivity contribution in [2.45, 2.75) is 13.3 Å². The molecule has 0 aliphatic rings. The Balaban J connectivity index is 1.96. The van der Waals surface area contributed by atoms with E-state index in [4.69, 9.17) is 5.73 Å². The van der Waals surface area contributed by atoms with Crippen LogP contribution in [0.4, 0.5) is 11.4 Å². The standard InChI is InChI=1S/C19H22N4O3/c1-2-10-21-19(26)13-6-5-7-14(11-13)22-12-17(24)23-16-9-4-3-8-15(16)18(20)25/h3-9,11,22H,2,10,12H2,1H3,(H2,20,25)(H,21,26)(H,23,24). The number of hydrogen-bond acceptors (Lipinski definition) is 4. The van der Waals surface area contributed by atoms with Gasteiger partial charge in [0.1, 0.15) is 0 Å². The summed E-state index contributed by atoms with van der Waals surface area (Å²) in [5, 5.41) is 8.40. The third-order valence-corrected chi connectivity index (χ3v) is 3.58. The molecule has 26 heavy (non-hydrogen) atoms. The molecule has 0 heterocycles. The highest BCUT2D eigenvalue weighted by Crippen LogP contribution is 2.14. The lowest BCUT2D eigenvalue weighted by Gasteiger charge is -2.11. The van der Waals surface area contributed by atoms with Crippen molar-refractivity contribution < 1.29 is 14.4 Å². The molecule has 5 N–H and O–H groups in total. The quantitative estimate of drug-likeness (QED) is 0.580. The van der Waals surface area contributed by atoms with Gasteiger partial charge in [-0.1, -0.05) is 25.1 Å². The number of rotatable bonds is 8. The van der Waals surface area contributed by atoms with Gasteiger partial charge in [0.25, 0.3) is 11.8 Å². The van der Waals surface area contributed by atoms with E-state index in [1.165, 1.54) is 0 Å². The van der Waals surface area contributed by atoms with Crippen LogP contribution in [0.3, 0.4) is 0 Å². The van der Waals surface area contributed by atoms with Crippen LogP contribution >= 0.6 is 0 Å². The van der Waals surface area contributed by atoms with Gasteiger partial charge in [-0.25, -0.2) is 0 Å². The molecule has 7 heteroatoms. The zero-order valence-corrected chi connectivity index (χ0v) is 14.5. The molecule has 0 atom stereocenters. The van der Waals surface area contributed by atoms with Crippen LogP contribution in [0.5, 0.6) is 0 Å². The van der Waals surface area contributed by atoms with E-state index in [1.54, 1.807) is 48.5 Å². The first kappa shape index (κ1) is 19.0. The fourth-order valence-electron chi connectivity index (χ4n) is 2.29. The second kappa shape index (κ2) is 9.22. The number of carbonyl (C=O) groups excluding carboxylic acids is 3. The number of nitrogens with one attached hydrogen (secondary N) is 3. The lowest BCUT2D eigenvalue weighted by Crippen LogP contribution is -2.25. The van der Waals surface area contributed by atoms with E-state index in [2.05, 4.69) is 16.0 Å². The van der Waals surface area contributed by atoms with E-state index in [9.17, 15) is 14.4 Å². The third-order valence-electron chi connectivity index (χ3n) is 3.58.